The molecule has 0 fully saturated rings. The molecule has 0 bridgehead atoms. The molecular weight excluding hydrogens is 314 g/mol. The van der Waals surface area contributed by atoms with Crippen LogP contribution in [0.15, 0.2) is 36.9 Å². The van der Waals surface area contributed by atoms with Crippen LogP contribution in [0.3, 0.4) is 0 Å². The third-order valence-corrected chi connectivity index (χ3v) is 4.55. The van der Waals surface area contributed by atoms with Crippen LogP contribution in [0, 0.1) is 13.8 Å². The predicted molar refractivity (Wildman–Crippen MR) is 99.2 cm³/mol. The Morgan fingerprint density at radius 1 is 1.32 bits per heavy atom. The lowest BCUT2D eigenvalue weighted by atomic mass is 9.83. The highest BCUT2D eigenvalue weighted by Crippen LogP contribution is 2.51. The summed E-state index contributed by atoms with van der Waals surface area (Å²) in [5.41, 5.74) is 3.99. The summed E-state index contributed by atoms with van der Waals surface area (Å²) in [7, 11) is 0. The fourth-order valence-corrected chi connectivity index (χ4v) is 3.37. The van der Waals surface area contributed by atoms with Gasteiger partial charge in [-0.25, -0.2) is 0 Å². The Morgan fingerprint density at radius 2 is 2.04 bits per heavy atom. The number of carbonyl (C=O) groups excluding carboxylic acids is 1. The van der Waals surface area contributed by atoms with E-state index in [9.17, 15) is 9.90 Å². The van der Waals surface area contributed by atoms with Crippen LogP contribution >= 0.6 is 0 Å². The van der Waals surface area contributed by atoms with Gasteiger partial charge in [0.2, 0.25) is 0 Å². The Hall–Kier alpha value is -2.75. The minimum Gasteiger partial charge on any atom is -0.506 e. The second-order valence-electron chi connectivity index (χ2n) is 6.95. The Balaban J connectivity index is 2.26. The number of carbonyl (C=O) groups is 1. The van der Waals surface area contributed by atoms with Gasteiger partial charge in [0.15, 0.2) is 0 Å². The zero-order chi connectivity index (χ0) is 18.4. The molecule has 0 saturated carbocycles. The lowest BCUT2D eigenvalue weighted by Crippen LogP contribution is -2.30. The van der Waals surface area contributed by atoms with Gasteiger partial charge in [-0.2, -0.15) is 0 Å². The SMILES string of the molecule is C=CCNC(=O)c1c(C)cc2c(c1O)-c1cc(C)ccc1C(C)(C)O2. The third kappa shape index (κ3) is 2.78. The Morgan fingerprint density at radius 3 is 2.72 bits per heavy atom. The van der Waals surface area contributed by atoms with Crippen LogP contribution in [0.4, 0.5) is 0 Å². The first kappa shape index (κ1) is 17.1. The zero-order valence-electron chi connectivity index (χ0n) is 15.1. The summed E-state index contributed by atoms with van der Waals surface area (Å²) in [4.78, 5) is 12.5. The number of ether oxygens (including phenoxy) is 1. The number of amides is 1. The maximum atomic E-state index is 12.5. The normalized spacial score (nSPS) is 14.1. The molecule has 0 aliphatic carbocycles. The molecule has 25 heavy (non-hydrogen) atoms. The molecule has 2 aromatic rings. The Bertz CT molecular complexity index is 881. The van der Waals surface area contributed by atoms with E-state index in [1.807, 2.05) is 45.0 Å². The van der Waals surface area contributed by atoms with Gasteiger partial charge in [0.1, 0.15) is 17.1 Å². The number of hydrogen-bond donors (Lipinski definition) is 2. The quantitative estimate of drug-likeness (QED) is 0.825. The van der Waals surface area contributed by atoms with Crippen molar-refractivity contribution >= 4 is 5.91 Å². The van der Waals surface area contributed by atoms with E-state index >= 15 is 0 Å². The summed E-state index contributed by atoms with van der Waals surface area (Å²) in [6, 6.07) is 7.89. The fourth-order valence-electron chi connectivity index (χ4n) is 3.37. The second-order valence-corrected chi connectivity index (χ2v) is 6.95. The van der Waals surface area contributed by atoms with E-state index in [0.717, 1.165) is 16.7 Å². The lowest BCUT2D eigenvalue weighted by Gasteiger charge is -2.36. The number of phenols is 1. The van der Waals surface area contributed by atoms with Gasteiger partial charge in [0.05, 0.1) is 11.1 Å². The molecule has 130 valence electrons. The molecule has 0 aromatic heterocycles. The minimum atomic E-state index is -0.512. The maximum Gasteiger partial charge on any atom is 0.255 e. The number of hydrogen-bond acceptors (Lipinski definition) is 3. The van der Waals surface area contributed by atoms with Gasteiger partial charge in [0.25, 0.3) is 5.91 Å². The van der Waals surface area contributed by atoms with Crippen molar-refractivity contribution in [3.63, 3.8) is 0 Å². The lowest BCUT2D eigenvalue weighted by molar-refractivity contribution is 0.0953. The molecular formula is C21H23NO3. The molecule has 2 aromatic carbocycles. The van der Waals surface area contributed by atoms with E-state index in [2.05, 4.69) is 11.9 Å². The molecule has 0 radical (unpaired) electrons. The molecule has 0 spiro atoms. The largest absolute Gasteiger partial charge is 0.506 e. The summed E-state index contributed by atoms with van der Waals surface area (Å²) < 4.78 is 6.16. The Labute approximate surface area is 148 Å². The van der Waals surface area contributed by atoms with E-state index < -0.39 is 5.60 Å². The first-order valence-corrected chi connectivity index (χ1v) is 8.32. The monoisotopic (exact) mass is 337 g/mol. The van der Waals surface area contributed by atoms with Crippen molar-refractivity contribution < 1.29 is 14.6 Å². The second kappa shape index (κ2) is 5.96. The topological polar surface area (TPSA) is 58.6 Å². The van der Waals surface area contributed by atoms with Crippen LogP contribution in [-0.4, -0.2) is 17.6 Å². The van der Waals surface area contributed by atoms with E-state index in [0.29, 0.717) is 23.4 Å². The smallest absolute Gasteiger partial charge is 0.255 e. The average molecular weight is 337 g/mol. The van der Waals surface area contributed by atoms with Crippen molar-refractivity contribution in [3.05, 3.63) is 59.2 Å². The number of rotatable bonds is 3. The molecule has 2 N–H and O–H groups in total. The zero-order valence-corrected chi connectivity index (χ0v) is 15.1. The third-order valence-electron chi connectivity index (χ3n) is 4.55. The molecule has 4 nitrogen and oxygen atoms in total. The summed E-state index contributed by atoms with van der Waals surface area (Å²) >= 11 is 0. The number of fused-ring (bicyclic) bond motifs is 3. The summed E-state index contributed by atoms with van der Waals surface area (Å²) in [5.74, 6) is 0.231. The number of nitrogens with one attached hydrogen (secondary N) is 1. The molecule has 1 aliphatic heterocycles. The summed E-state index contributed by atoms with van der Waals surface area (Å²) in [6.07, 6.45) is 1.60. The minimum absolute atomic E-state index is 0.0427. The van der Waals surface area contributed by atoms with Gasteiger partial charge < -0.3 is 15.2 Å². The van der Waals surface area contributed by atoms with Gasteiger partial charge in [0, 0.05) is 12.1 Å². The highest BCUT2D eigenvalue weighted by molar-refractivity contribution is 6.02. The van der Waals surface area contributed by atoms with E-state index in [-0.39, 0.29) is 17.2 Å². The molecule has 3 rings (SSSR count). The van der Waals surface area contributed by atoms with Crippen LogP contribution in [0.25, 0.3) is 11.1 Å². The highest BCUT2D eigenvalue weighted by atomic mass is 16.5. The van der Waals surface area contributed by atoms with Gasteiger partial charge in [-0.15, -0.1) is 6.58 Å². The summed E-state index contributed by atoms with van der Waals surface area (Å²) in [5, 5.41) is 13.7. The van der Waals surface area contributed by atoms with Crippen LogP contribution < -0.4 is 10.1 Å². The predicted octanol–water partition coefficient (Wildman–Crippen LogP) is 4.22. The average Bonchev–Trinajstić information content (AvgIpc) is 2.51. The molecule has 1 heterocycles. The van der Waals surface area contributed by atoms with Crippen LogP contribution in [-0.2, 0) is 5.60 Å². The van der Waals surface area contributed by atoms with Gasteiger partial charge in [-0.05, 0) is 44.9 Å². The standard InChI is InChI=1S/C21H23NO3/c1-6-9-22-20(24)17-13(3)11-16-18(19(17)23)14-10-12(2)7-8-15(14)21(4,5)25-16/h6-8,10-11,23H,1,9H2,2-5H3,(H,22,24). The molecule has 0 atom stereocenters. The first-order chi connectivity index (χ1) is 11.8. The molecule has 4 heteroatoms. The fraction of sp³-hybridized carbons (Fsp3) is 0.286. The van der Waals surface area contributed by atoms with E-state index in [1.54, 1.807) is 13.0 Å². The van der Waals surface area contributed by atoms with Gasteiger partial charge in [-0.1, -0.05) is 29.8 Å². The number of phenolic OH excluding ortho intramolecular Hbond substituents is 1. The maximum absolute atomic E-state index is 12.5. The number of benzene rings is 2. The first-order valence-electron chi connectivity index (χ1n) is 8.32. The van der Waals surface area contributed by atoms with E-state index in [1.165, 1.54) is 0 Å². The van der Waals surface area contributed by atoms with Gasteiger partial charge >= 0.3 is 0 Å². The van der Waals surface area contributed by atoms with Crippen LogP contribution in [0.5, 0.6) is 11.5 Å². The summed E-state index contributed by atoms with van der Waals surface area (Å²) in [6.45, 7) is 11.7. The molecule has 0 saturated heterocycles. The van der Waals surface area contributed by atoms with E-state index in [4.69, 9.17) is 4.74 Å². The van der Waals surface area contributed by atoms with Crippen molar-refractivity contribution in [2.24, 2.45) is 0 Å². The Kier molecular flexibility index (Phi) is 4.07. The van der Waals surface area contributed by atoms with Crippen molar-refractivity contribution in [1.82, 2.24) is 5.32 Å². The number of aromatic hydroxyl groups is 1. The van der Waals surface area contributed by atoms with Crippen LogP contribution in [0.1, 0.15) is 40.9 Å². The van der Waals surface area contributed by atoms with Crippen molar-refractivity contribution in [1.29, 1.82) is 0 Å². The van der Waals surface area contributed by atoms with Crippen molar-refractivity contribution in [3.8, 4) is 22.6 Å². The van der Waals surface area contributed by atoms with Crippen molar-refractivity contribution in [2.75, 3.05) is 6.54 Å². The van der Waals surface area contributed by atoms with Crippen LogP contribution in [0.2, 0.25) is 0 Å². The van der Waals surface area contributed by atoms with Crippen molar-refractivity contribution in [2.45, 2.75) is 33.3 Å². The molecule has 1 amide bonds. The highest BCUT2D eigenvalue weighted by Gasteiger charge is 2.36. The molecule has 1 aliphatic rings. The van der Waals surface area contributed by atoms with Gasteiger partial charge in [-0.3, -0.25) is 4.79 Å². The number of aryl methyl sites for hydroxylation is 2. The molecule has 0 unspecified atom stereocenters.